The van der Waals surface area contributed by atoms with Gasteiger partial charge < -0.3 is 10.2 Å². The SMILES string of the molecule is CCC(C)NCC(=O)N(CCC#N)C(C)C. The summed E-state index contributed by atoms with van der Waals surface area (Å²) in [6, 6.07) is 2.58. The van der Waals surface area contributed by atoms with Gasteiger partial charge >= 0.3 is 0 Å². The van der Waals surface area contributed by atoms with Gasteiger partial charge in [-0.25, -0.2) is 0 Å². The Morgan fingerprint density at radius 1 is 1.44 bits per heavy atom. The number of hydrogen-bond acceptors (Lipinski definition) is 3. The van der Waals surface area contributed by atoms with Gasteiger partial charge in [-0.3, -0.25) is 4.79 Å². The standard InChI is InChI=1S/C12H23N3O/c1-5-11(4)14-9-12(16)15(10(2)3)8-6-7-13/h10-11,14H,5-6,8-9H2,1-4H3. The van der Waals surface area contributed by atoms with E-state index in [2.05, 4.69) is 25.2 Å². The summed E-state index contributed by atoms with van der Waals surface area (Å²) in [7, 11) is 0. The van der Waals surface area contributed by atoms with E-state index in [1.165, 1.54) is 0 Å². The Labute approximate surface area is 98.6 Å². The number of nitrogens with zero attached hydrogens (tertiary/aromatic N) is 2. The molecule has 1 amide bonds. The minimum Gasteiger partial charge on any atom is -0.338 e. The van der Waals surface area contributed by atoms with Gasteiger partial charge in [-0.15, -0.1) is 0 Å². The first kappa shape index (κ1) is 14.9. The first-order valence-electron chi connectivity index (χ1n) is 5.92. The van der Waals surface area contributed by atoms with Crippen molar-refractivity contribution in [1.29, 1.82) is 5.26 Å². The molecule has 92 valence electrons. The molecule has 0 bridgehead atoms. The molecule has 0 aromatic rings. The lowest BCUT2D eigenvalue weighted by molar-refractivity contribution is -0.131. The Bertz CT molecular complexity index is 245. The molecule has 0 saturated heterocycles. The van der Waals surface area contributed by atoms with Crippen LogP contribution >= 0.6 is 0 Å². The average Bonchev–Trinajstić information content (AvgIpc) is 2.25. The molecule has 0 aliphatic rings. The number of carbonyl (C=O) groups is 1. The van der Waals surface area contributed by atoms with E-state index in [-0.39, 0.29) is 11.9 Å². The molecule has 16 heavy (non-hydrogen) atoms. The third kappa shape index (κ3) is 5.72. The Hall–Kier alpha value is -1.08. The maximum atomic E-state index is 11.9. The fourth-order valence-electron chi connectivity index (χ4n) is 1.35. The van der Waals surface area contributed by atoms with Crippen molar-refractivity contribution in [3.63, 3.8) is 0 Å². The lowest BCUT2D eigenvalue weighted by Crippen LogP contribution is -2.44. The molecule has 1 N–H and O–H groups in total. The normalized spacial score (nSPS) is 12.2. The van der Waals surface area contributed by atoms with Crippen molar-refractivity contribution >= 4 is 5.91 Å². The Balaban J connectivity index is 4.13. The summed E-state index contributed by atoms with van der Waals surface area (Å²) in [5.74, 6) is 0.0746. The molecule has 1 atom stereocenters. The predicted molar refractivity (Wildman–Crippen MR) is 64.8 cm³/mol. The van der Waals surface area contributed by atoms with Crippen LogP contribution in [0.3, 0.4) is 0 Å². The van der Waals surface area contributed by atoms with Gasteiger partial charge in [-0.1, -0.05) is 6.92 Å². The maximum absolute atomic E-state index is 11.9. The molecule has 0 spiro atoms. The quantitative estimate of drug-likeness (QED) is 0.715. The topological polar surface area (TPSA) is 56.1 Å². The summed E-state index contributed by atoms with van der Waals surface area (Å²) in [6.07, 6.45) is 1.40. The zero-order valence-electron chi connectivity index (χ0n) is 10.8. The number of rotatable bonds is 7. The summed E-state index contributed by atoms with van der Waals surface area (Å²) in [5, 5.41) is 11.7. The van der Waals surface area contributed by atoms with Gasteiger partial charge in [-0.05, 0) is 27.2 Å². The van der Waals surface area contributed by atoms with Gasteiger partial charge in [0.2, 0.25) is 5.91 Å². The van der Waals surface area contributed by atoms with Crippen LogP contribution in [0.4, 0.5) is 0 Å². The third-order valence-corrected chi connectivity index (χ3v) is 2.62. The van der Waals surface area contributed by atoms with Crippen molar-refractivity contribution in [2.24, 2.45) is 0 Å². The van der Waals surface area contributed by atoms with E-state index >= 15 is 0 Å². The second-order valence-electron chi connectivity index (χ2n) is 4.28. The van der Waals surface area contributed by atoms with Gasteiger partial charge in [0, 0.05) is 18.6 Å². The van der Waals surface area contributed by atoms with Crippen LogP contribution in [0.15, 0.2) is 0 Å². The van der Waals surface area contributed by atoms with Crippen LogP contribution in [0.2, 0.25) is 0 Å². The highest BCUT2D eigenvalue weighted by atomic mass is 16.2. The first-order chi connectivity index (χ1) is 7.52. The van der Waals surface area contributed by atoms with Crippen LogP contribution in [0, 0.1) is 11.3 Å². The molecule has 0 aromatic heterocycles. The number of amides is 1. The molecular formula is C12H23N3O. The van der Waals surface area contributed by atoms with Crippen molar-refractivity contribution in [1.82, 2.24) is 10.2 Å². The van der Waals surface area contributed by atoms with Crippen LogP contribution in [0.25, 0.3) is 0 Å². The van der Waals surface area contributed by atoms with Gasteiger partial charge in [-0.2, -0.15) is 5.26 Å². The minimum absolute atomic E-state index is 0.0746. The van der Waals surface area contributed by atoms with Gasteiger partial charge in [0.1, 0.15) is 0 Å². The number of nitriles is 1. The summed E-state index contributed by atoms with van der Waals surface area (Å²) >= 11 is 0. The summed E-state index contributed by atoms with van der Waals surface area (Å²) in [5.41, 5.74) is 0. The number of carbonyl (C=O) groups excluding carboxylic acids is 1. The lowest BCUT2D eigenvalue weighted by Gasteiger charge is -2.26. The summed E-state index contributed by atoms with van der Waals surface area (Å²) in [4.78, 5) is 13.6. The van der Waals surface area contributed by atoms with Gasteiger partial charge in [0.15, 0.2) is 0 Å². The summed E-state index contributed by atoms with van der Waals surface area (Å²) < 4.78 is 0. The van der Waals surface area contributed by atoms with Gasteiger partial charge in [0.05, 0.1) is 19.0 Å². The van der Waals surface area contributed by atoms with E-state index in [1.807, 2.05) is 13.8 Å². The zero-order valence-corrected chi connectivity index (χ0v) is 10.8. The smallest absolute Gasteiger partial charge is 0.236 e. The first-order valence-corrected chi connectivity index (χ1v) is 5.92. The lowest BCUT2D eigenvalue weighted by atomic mass is 10.2. The second kappa shape index (κ2) is 8.12. The monoisotopic (exact) mass is 225 g/mol. The van der Waals surface area contributed by atoms with Crippen LogP contribution < -0.4 is 5.32 Å². The largest absolute Gasteiger partial charge is 0.338 e. The van der Waals surface area contributed by atoms with Crippen LogP contribution in [0.5, 0.6) is 0 Å². The average molecular weight is 225 g/mol. The van der Waals surface area contributed by atoms with E-state index in [1.54, 1.807) is 4.90 Å². The van der Waals surface area contributed by atoms with E-state index in [0.29, 0.717) is 25.6 Å². The van der Waals surface area contributed by atoms with E-state index < -0.39 is 0 Å². The van der Waals surface area contributed by atoms with Crippen LogP contribution in [0.1, 0.15) is 40.5 Å². The molecule has 1 unspecified atom stereocenters. The second-order valence-corrected chi connectivity index (χ2v) is 4.28. The maximum Gasteiger partial charge on any atom is 0.236 e. The molecule has 0 aromatic carbocycles. The van der Waals surface area contributed by atoms with E-state index in [9.17, 15) is 4.79 Å². The van der Waals surface area contributed by atoms with Crippen molar-refractivity contribution in [2.75, 3.05) is 13.1 Å². The molecule has 0 radical (unpaired) electrons. The van der Waals surface area contributed by atoms with Crippen molar-refractivity contribution < 1.29 is 4.79 Å². The predicted octanol–water partition coefficient (Wildman–Crippen LogP) is 1.53. The highest BCUT2D eigenvalue weighted by Crippen LogP contribution is 2.00. The summed E-state index contributed by atoms with van der Waals surface area (Å²) in [6.45, 7) is 8.96. The van der Waals surface area contributed by atoms with Crippen molar-refractivity contribution in [2.45, 2.75) is 52.6 Å². The highest BCUT2D eigenvalue weighted by Gasteiger charge is 2.16. The zero-order chi connectivity index (χ0) is 12.6. The molecule has 0 heterocycles. The highest BCUT2D eigenvalue weighted by molar-refractivity contribution is 5.78. The molecule has 0 aliphatic heterocycles. The molecule has 0 aliphatic carbocycles. The fourth-order valence-corrected chi connectivity index (χ4v) is 1.35. The minimum atomic E-state index is 0.0746. The molecule has 4 nitrogen and oxygen atoms in total. The Kier molecular flexibility index (Phi) is 7.57. The van der Waals surface area contributed by atoms with E-state index in [0.717, 1.165) is 6.42 Å². The molecule has 0 fully saturated rings. The fraction of sp³-hybridized carbons (Fsp3) is 0.833. The van der Waals surface area contributed by atoms with Crippen LogP contribution in [-0.4, -0.2) is 36.0 Å². The number of hydrogen-bond donors (Lipinski definition) is 1. The Morgan fingerprint density at radius 3 is 2.50 bits per heavy atom. The molecule has 4 heteroatoms. The number of nitrogens with one attached hydrogen (secondary N) is 1. The molecule has 0 saturated carbocycles. The molecular weight excluding hydrogens is 202 g/mol. The third-order valence-electron chi connectivity index (χ3n) is 2.62. The molecule has 0 rings (SSSR count). The van der Waals surface area contributed by atoms with Crippen molar-refractivity contribution in [3.05, 3.63) is 0 Å². The van der Waals surface area contributed by atoms with Crippen LogP contribution in [-0.2, 0) is 4.79 Å². The Morgan fingerprint density at radius 2 is 2.06 bits per heavy atom. The van der Waals surface area contributed by atoms with Gasteiger partial charge in [0.25, 0.3) is 0 Å². The van der Waals surface area contributed by atoms with Crippen molar-refractivity contribution in [3.8, 4) is 6.07 Å². The van der Waals surface area contributed by atoms with E-state index in [4.69, 9.17) is 5.26 Å².